The molecule has 0 aliphatic rings. The fourth-order valence-corrected chi connectivity index (χ4v) is 2.25. The summed E-state index contributed by atoms with van der Waals surface area (Å²) in [7, 11) is 0. The van der Waals surface area contributed by atoms with Crippen LogP contribution >= 0.6 is 15.9 Å². The Balaban J connectivity index is 2.21. The molecular weight excluding hydrogens is 328 g/mol. The van der Waals surface area contributed by atoms with E-state index >= 15 is 0 Å². The summed E-state index contributed by atoms with van der Waals surface area (Å²) in [6.07, 6.45) is 0. The van der Waals surface area contributed by atoms with Gasteiger partial charge in [-0.2, -0.15) is 0 Å². The number of benzene rings is 2. The van der Waals surface area contributed by atoms with E-state index in [9.17, 15) is 13.6 Å². The SMILES string of the molecule is C[C@@H](NC(=O)c1c(F)cc(Br)cc1F)c1ccccc1. The van der Waals surface area contributed by atoms with Crippen LogP contribution in [0.1, 0.15) is 28.9 Å². The summed E-state index contributed by atoms with van der Waals surface area (Å²) in [4.78, 5) is 12.0. The second-order valence-corrected chi connectivity index (χ2v) is 5.27. The lowest BCUT2D eigenvalue weighted by Crippen LogP contribution is -2.28. The van der Waals surface area contributed by atoms with E-state index < -0.39 is 23.1 Å². The Bertz CT molecular complexity index is 608. The first-order chi connectivity index (χ1) is 9.49. The average Bonchev–Trinajstić information content (AvgIpc) is 2.38. The molecule has 0 radical (unpaired) electrons. The quantitative estimate of drug-likeness (QED) is 0.891. The fourth-order valence-electron chi connectivity index (χ4n) is 1.85. The monoisotopic (exact) mass is 339 g/mol. The van der Waals surface area contributed by atoms with Crippen molar-refractivity contribution in [2.45, 2.75) is 13.0 Å². The Labute approximate surface area is 123 Å². The first-order valence-electron chi connectivity index (χ1n) is 5.99. The number of carbonyl (C=O) groups excluding carboxylic acids is 1. The third kappa shape index (κ3) is 3.22. The van der Waals surface area contributed by atoms with Gasteiger partial charge in [0.15, 0.2) is 0 Å². The highest BCUT2D eigenvalue weighted by atomic mass is 79.9. The van der Waals surface area contributed by atoms with Gasteiger partial charge in [0.2, 0.25) is 0 Å². The number of halogens is 3. The molecule has 20 heavy (non-hydrogen) atoms. The van der Waals surface area contributed by atoms with E-state index in [1.165, 1.54) is 0 Å². The number of hydrogen-bond acceptors (Lipinski definition) is 1. The van der Waals surface area contributed by atoms with Gasteiger partial charge in [0.05, 0.1) is 6.04 Å². The van der Waals surface area contributed by atoms with Gasteiger partial charge < -0.3 is 5.32 Å². The lowest BCUT2D eigenvalue weighted by molar-refractivity contribution is 0.0931. The maximum Gasteiger partial charge on any atom is 0.257 e. The van der Waals surface area contributed by atoms with Gasteiger partial charge in [0.25, 0.3) is 5.91 Å². The second-order valence-electron chi connectivity index (χ2n) is 4.35. The summed E-state index contributed by atoms with van der Waals surface area (Å²) in [5.41, 5.74) is 0.287. The van der Waals surface area contributed by atoms with Crippen molar-refractivity contribution in [3.8, 4) is 0 Å². The zero-order valence-electron chi connectivity index (χ0n) is 10.7. The smallest absolute Gasteiger partial charge is 0.257 e. The molecule has 5 heteroatoms. The van der Waals surface area contributed by atoms with Crippen molar-refractivity contribution in [3.63, 3.8) is 0 Å². The summed E-state index contributed by atoms with van der Waals surface area (Å²) >= 11 is 2.97. The molecule has 104 valence electrons. The van der Waals surface area contributed by atoms with Gasteiger partial charge in [-0.15, -0.1) is 0 Å². The molecule has 1 N–H and O–H groups in total. The molecule has 0 aromatic heterocycles. The third-order valence-corrected chi connectivity index (χ3v) is 3.34. The molecule has 0 bridgehead atoms. The van der Waals surface area contributed by atoms with Crippen LogP contribution in [0.25, 0.3) is 0 Å². The van der Waals surface area contributed by atoms with E-state index in [1.807, 2.05) is 30.3 Å². The molecule has 0 aliphatic carbocycles. The van der Waals surface area contributed by atoms with Gasteiger partial charge in [-0.1, -0.05) is 46.3 Å². The molecule has 1 atom stereocenters. The van der Waals surface area contributed by atoms with Crippen molar-refractivity contribution >= 4 is 21.8 Å². The van der Waals surface area contributed by atoms with Crippen molar-refractivity contribution < 1.29 is 13.6 Å². The summed E-state index contributed by atoms with van der Waals surface area (Å²) in [6.45, 7) is 1.75. The normalized spacial score (nSPS) is 12.0. The van der Waals surface area contributed by atoms with Crippen LogP contribution in [0.3, 0.4) is 0 Å². The molecule has 0 spiro atoms. The number of amides is 1. The van der Waals surface area contributed by atoms with Crippen LogP contribution in [0.15, 0.2) is 46.9 Å². The van der Waals surface area contributed by atoms with Crippen molar-refractivity contribution in [3.05, 3.63) is 69.7 Å². The Hall–Kier alpha value is -1.75. The van der Waals surface area contributed by atoms with Crippen LogP contribution < -0.4 is 5.32 Å². The van der Waals surface area contributed by atoms with Gasteiger partial charge in [0.1, 0.15) is 17.2 Å². The predicted octanol–water partition coefficient (Wildman–Crippen LogP) is 4.22. The minimum absolute atomic E-state index is 0.250. The molecule has 0 aliphatic heterocycles. The molecule has 1 amide bonds. The summed E-state index contributed by atoms with van der Waals surface area (Å²) < 4.78 is 27.6. The topological polar surface area (TPSA) is 29.1 Å². The van der Waals surface area contributed by atoms with Crippen LogP contribution in [0, 0.1) is 11.6 Å². The van der Waals surface area contributed by atoms with Crippen molar-refractivity contribution in [1.82, 2.24) is 5.32 Å². The van der Waals surface area contributed by atoms with Crippen LogP contribution in [0.4, 0.5) is 8.78 Å². The van der Waals surface area contributed by atoms with Crippen molar-refractivity contribution in [2.24, 2.45) is 0 Å². The maximum absolute atomic E-state index is 13.7. The summed E-state index contributed by atoms with van der Waals surface area (Å²) in [5, 5.41) is 2.58. The first kappa shape index (κ1) is 14.7. The highest BCUT2D eigenvalue weighted by Crippen LogP contribution is 2.20. The van der Waals surface area contributed by atoms with Crippen LogP contribution in [0.5, 0.6) is 0 Å². The Kier molecular flexibility index (Phi) is 4.49. The van der Waals surface area contributed by atoms with Gasteiger partial charge in [-0.05, 0) is 24.6 Å². The van der Waals surface area contributed by atoms with Crippen LogP contribution in [0.2, 0.25) is 0 Å². The molecule has 0 unspecified atom stereocenters. The van der Waals surface area contributed by atoms with Gasteiger partial charge in [-0.3, -0.25) is 4.79 Å². The third-order valence-electron chi connectivity index (χ3n) is 2.88. The number of rotatable bonds is 3. The molecule has 0 fully saturated rings. The lowest BCUT2D eigenvalue weighted by Gasteiger charge is -2.15. The molecular formula is C15H12BrF2NO. The van der Waals surface area contributed by atoms with E-state index in [2.05, 4.69) is 21.2 Å². The van der Waals surface area contributed by atoms with Crippen molar-refractivity contribution in [2.75, 3.05) is 0 Å². The van der Waals surface area contributed by atoms with Crippen molar-refractivity contribution in [1.29, 1.82) is 0 Å². The minimum Gasteiger partial charge on any atom is -0.345 e. The lowest BCUT2D eigenvalue weighted by atomic mass is 10.1. The molecule has 0 saturated heterocycles. The molecule has 0 saturated carbocycles. The van der Waals surface area contributed by atoms with Gasteiger partial charge in [-0.25, -0.2) is 8.78 Å². The summed E-state index contributed by atoms with van der Waals surface area (Å²) in [6, 6.07) is 11.0. The largest absolute Gasteiger partial charge is 0.345 e. The molecule has 2 aromatic carbocycles. The maximum atomic E-state index is 13.7. The Morgan fingerprint density at radius 3 is 2.25 bits per heavy atom. The summed E-state index contributed by atoms with van der Waals surface area (Å²) in [5.74, 6) is -2.56. The predicted molar refractivity (Wildman–Crippen MR) is 76.4 cm³/mol. The second kappa shape index (κ2) is 6.13. The van der Waals surface area contributed by atoms with E-state index in [1.54, 1.807) is 6.92 Å². The molecule has 2 rings (SSSR count). The highest BCUT2D eigenvalue weighted by molar-refractivity contribution is 9.10. The van der Waals surface area contributed by atoms with Gasteiger partial charge in [0, 0.05) is 4.47 Å². The van der Waals surface area contributed by atoms with E-state index in [4.69, 9.17) is 0 Å². The minimum atomic E-state index is -0.894. The standard InChI is InChI=1S/C15H12BrF2NO/c1-9(10-5-3-2-4-6-10)19-15(20)14-12(17)7-11(16)8-13(14)18/h2-9H,1H3,(H,19,20)/t9-/m1/s1. The highest BCUT2D eigenvalue weighted by Gasteiger charge is 2.20. The number of carbonyl (C=O) groups is 1. The zero-order valence-corrected chi connectivity index (χ0v) is 12.2. The average molecular weight is 340 g/mol. The molecule has 2 nitrogen and oxygen atoms in total. The Morgan fingerprint density at radius 2 is 1.70 bits per heavy atom. The number of nitrogens with one attached hydrogen (secondary N) is 1. The number of hydrogen-bond donors (Lipinski definition) is 1. The molecule has 0 heterocycles. The fraction of sp³-hybridized carbons (Fsp3) is 0.133. The van der Waals surface area contributed by atoms with Crippen LogP contribution in [-0.4, -0.2) is 5.91 Å². The van der Waals surface area contributed by atoms with E-state index in [0.717, 1.165) is 17.7 Å². The first-order valence-corrected chi connectivity index (χ1v) is 6.78. The Morgan fingerprint density at radius 1 is 1.15 bits per heavy atom. The van der Waals surface area contributed by atoms with Crippen LogP contribution in [-0.2, 0) is 0 Å². The zero-order chi connectivity index (χ0) is 14.7. The van der Waals surface area contributed by atoms with E-state index in [0.29, 0.717) is 0 Å². The van der Waals surface area contributed by atoms with E-state index in [-0.39, 0.29) is 10.5 Å². The van der Waals surface area contributed by atoms with Gasteiger partial charge >= 0.3 is 0 Å². The molecule has 2 aromatic rings.